The van der Waals surface area contributed by atoms with Crippen LogP contribution in [0.25, 0.3) is 0 Å². The summed E-state index contributed by atoms with van der Waals surface area (Å²) >= 11 is 0. The maximum absolute atomic E-state index is 5.60. The zero-order valence-corrected chi connectivity index (χ0v) is 13.8. The topological polar surface area (TPSA) is 27.7 Å². The Labute approximate surface area is 124 Å². The monoisotopic (exact) mass is 283 g/mol. The van der Waals surface area contributed by atoms with E-state index in [4.69, 9.17) is 4.74 Å². The summed E-state index contributed by atoms with van der Waals surface area (Å²) in [5.74, 6) is 0. The smallest absolute Gasteiger partial charge is 0.0472 e. The van der Waals surface area contributed by atoms with Crippen LogP contribution < -0.4 is 5.32 Å². The molecule has 2 fully saturated rings. The molecule has 0 radical (unpaired) electrons. The third-order valence-electron chi connectivity index (χ3n) is 5.30. The number of ether oxygens (including phenoxy) is 1. The van der Waals surface area contributed by atoms with Gasteiger partial charge < -0.3 is 10.1 Å². The van der Waals surface area contributed by atoms with Gasteiger partial charge in [-0.3, -0.25) is 9.80 Å². The minimum Gasteiger partial charge on any atom is -0.381 e. The molecule has 2 heterocycles. The average Bonchev–Trinajstić information content (AvgIpc) is 2.43. The van der Waals surface area contributed by atoms with Crippen molar-refractivity contribution in [1.29, 1.82) is 0 Å². The second-order valence-electron chi connectivity index (χ2n) is 6.95. The number of hydrogen-bond donors (Lipinski definition) is 1. The number of piperazine rings is 1. The van der Waals surface area contributed by atoms with Crippen molar-refractivity contribution in [1.82, 2.24) is 15.1 Å². The van der Waals surface area contributed by atoms with Gasteiger partial charge in [-0.15, -0.1) is 0 Å². The molecule has 2 unspecified atom stereocenters. The van der Waals surface area contributed by atoms with E-state index >= 15 is 0 Å². The molecule has 0 aromatic rings. The molecule has 0 aliphatic carbocycles. The van der Waals surface area contributed by atoms with E-state index in [0.717, 1.165) is 26.3 Å². The van der Waals surface area contributed by atoms with Crippen LogP contribution in [0.3, 0.4) is 0 Å². The zero-order chi connectivity index (χ0) is 14.6. The number of rotatable bonds is 5. The first-order chi connectivity index (χ1) is 9.56. The highest BCUT2D eigenvalue weighted by molar-refractivity contribution is 4.91. The van der Waals surface area contributed by atoms with Crippen LogP contribution in [-0.4, -0.2) is 74.9 Å². The van der Waals surface area contributed by atoms with Crippen molar-refractivity contribution in [2.75, 3.05) is 53.0 Å². The minimum atomic E-state index is 0.420. The molecule has 2 aliphatic heterocycles. The molecule has 1 N–H and O–H groups in total. The fourth-order valence-electron chi connectivity index (χ4n) is 3.70. The summed E-state index contributed by atoms with van der Waals surface area (Å²) in [6, 6.07) is 1.32. The minimum absolute atomic E-state index is 0.420. The molecule has 2 aliphatic rings. The molecule has 2 saturated heterocycles. The van der Waals surface area contributed by atoms with E-state index in [0.29, 0.717) is 17.5 Å². The molecule has 0 aromatic carbocycles. The van der Waals surface area contributed by atoms with Gasteiger partial charge in [0.15, 0.2) is 0 Å². The van der Waals surface area contributed by atoms with Gasteiger partial charge in [-0.2, -0.15) is 0 Å². The third-order valence-corrected chi connectivity index (χ3v) is 5.30. The van der Waals surface area contributed by atoms with Crippen molar-refractivity contribution in [3.8, 4) is 0 Å². The highest BCUT2D eigenvalue weighted by Crippen LogP contribution is 2.32. The van der Waals surface area contributed by atoms with E-state index < -0.39 is 0 Å². The van der Waals surface area contributed by atoms with E-state index in [2.05, 4.69) is 42.9 Å². The maximum Gasteiger partial charge on any atom is 0.0472 e. The van der Waals surface area contributed by atoms with Crippen LogP contribution in [0.2, 0.25) is 0 Å². The van der Waals surface area contributed by atoms with Crippen LogP contribution >= 0.6 is 0 Å². The van der Waals surface area contributed by atoms with Gasteiger partial charge in [-0.1, -0.05) is 6.92 Å². The summed E-state index contributed by atoms with van der Waals surface area (Å²) in [6.07, 6.45) is 2.41. The van der Waals surface area contributed by atoms with E-state index in [1.54, 1.807) is 0 Å². The molecule has 0 amide bonds. The van der Waals surface area contributed by atoms with Crippen molar-refractivity contribution in [3.05, 3.63) is 0 Å². The Kier molecular flexibility index (Phi) is 5.84. The summed E-state index contributed by atoms with van der Waals surface area (Å²) in [6.45, 7) is 14.6. The van der Waals surface area contributed by atoms with Gasteiger partial charge >= 0.3 is 0 Å². The summed E-state index contributed by atoms with van der Waals surface area (Å²) in [5.41, 5.74) is 0.420. The molecular weight excluding hydrogens is 250 g/mol. The van der Waals surface area contributed by atoms with E-state index in [1.807, 2.05) is 0 Å². The Morgan fingerprint density at radius 1 is 1.15 bits per heavy atom. The lowest BCUT2D eigenvalue weighted by atomic mass is 9.79. The molecule has 2 rings (SSSR count). The molecule has 118 valence electrons. The quantitative estimate of drug-likeness (QED) is 0.826. The fourth-order valence-corrected chi connectivity index (χ4v) is 3.70. The summed E-state index contributed by atoms with van der Waals surface area (Å²) in [4.78, 5) is 5.20. The molecule has 20 heavy (non-hydrogen) atoms. The van der Waals surface area contributed by atoms with Gasteiger partial charge in [0, 0.05) is 51.5 Å². The lowest BCUT2D eigenvalue weighted by Gasteiger charge is -2.47. The molecule has 2 atom stereocenters. The van der Waals surface area contributed by atoms with Gasteiger partial charge in [0.25, 0.3) is 0 Å². The summed E-state index contributed by atoms with van der Waals surface area (Å²) in [7, 11) is 2.26. The number of nitrogens with zero attached hydrogens (tertiary/aromatic N) is 2. The first-order valence-electron chi connectivity index (χ1n) is 8.29. The Balaban J connectivity index is 1.96. The predicted molar refractivity (Wildman–Crippen MR) is 84.2 cm³/mol. The van der Waals surface area contributed by atoms with Crippen molar-refractivity contribution >= 4 is 0 Å². The lowest BCUT2D eigenvalue weighted by molar-refractivity contribution is -0.0249. The average molecular weight is 283 g/mol. The zero-order valence-electron chi connectivity index (χ0n) is 13.8. The molecule has 0 saturated carbocycles. The van der Waals surface area contributed by atoms with Crippen LogP contribution in [0.5, 0.6) is 0 Å². The third kappa shape index (κ3) is 3.94. The van der Waals surface area contributed by atoms with Crippen LogP contribution in [-0.2, 0) is 4.74 Å². The second kappa shape index (κ2) is 7.21. The molecular formula is C16H33N3O. The Morgan fingerprint density at radius 2 is 1.75 bits per heavy atom. The number of hydrogen-bond acceptors (Lipinski definition) is 4. The highest BCUT2D eigenvalue weighted by Gasteiger charge is 2.36. The van der Waals surface area contributed by atoms with Crippen molar-refractivity contribution in [2.24, 2.45) is 5.41 Å². The van der Waals surface area contributed by atoms with E-state index in [-0.39, 0.29) is 0 Å². The van der Waals surface area contributed by atoms with E-state index in [1.165, 1.54) is 32.5 Å². The molecule has 4 nitrogen and oxygen atoms in total. The van der Waals surface area contributed by atoms with Crippen LogP contribution in [0, 0.1) is 5.41 Å². The Morgan fingerprint density at radius 3 is 2.30 bits per heavy atom. The summed E-state index contributed by atoms with van der Waals surface area (Å²) in [5, 5.41) is 3.59. The molecule has 0 spiro atoms. The Bertz CT molecular complexity index is 279. The first kappa shape index (κ1) is 16.2. The predicted octanol–water partition coefficient (Wildman–Crippen LogP) is 1.42. The standard InChI is InChI=1S/C16H33N3O/c1-5-17-12-16(6-8-20-9-7-16)13-19-10-14(2)18(4)15(3)11-19/h14-15,17H,5-13H2,1-4H3. The Hall–Kier alpha value is -0.160. The van der Waals surface area contributed by atoms with Crippen molar-refractivity contribution < 1.29 is 4.74 Å². The number of nitrogens with one attached hydrogen (secondary N) is 1. The SMILES string of the molecule is CCNCC1(CN2CC(C)N(C)C(C)C2)CCOCC1. The van der Waals surface area contributed by atoms with E-state index in [9.17, 15) is 0 Å². The number of likely N-dealkylation sites (N-methyl/N-ethyl adjacent to an activating group) is 1. The largest absolute Gasteiger partial charge is 0.381 e. The van der Waals surface area contributed by atoms with Gasteiger partial charge in [-0.05, 0) is 45.7 Å². The van der Waals surface area contributed by atoms with Crippen LogP contribution in [0.4, 0.5) is 0 Å². The maximum atomic E-state index is 5.60. The van der Waals surface area contributed by atoms with Gasteiger partial charge in [0.05, 0.1) is 0 Å². The highest BCUT2D eigenvalue weighted by atomic mass is 16.5. The van der Waals surface area contributed by atoms with Gasteiger partial charge in [-0.25, -0.2) is 0 Å². The normalized spacial score (nSPS) is 32.4. The second-order valence-corrected chi connectivity index (χ2v) is 6.95. The lowest BCUT2D eigenvalue weighted by Crippen LogP contribution is -2.58. The molecule has 0 bridgehead atoms. The van der Waals surface area contributed by atoms with Crippen molar-refractivity contribution in [2.45, 2.75) is 45.7 Å². The van der Waals surface area contributed by atoms with Crippen LogP contribution in [0.1, 0.15) is 33.6 Å². The fraction of sp³-hybridized carbons (Fsp3) is 1.00. The molecule has 4 heteroatoms. The van der Waals surface area contributed by atoms with Gasteiger partial charge in [0.2, 0.25) is 0 Å². The summed E-state index contributed by atoms with van der Waals surface area (Å²) < 4.78 is 5.60. The first-order valence-corrected chi connectivity index (χ1v) is 8.29. The van der Waals surface area contributed by atoms with Crippen molar-refractivity contribution in [3.63, 3.8) is 0 Å². The molecule has 0 aromatic heterocycles. The van der Waals surface area contributed by atoms with Gasteiger partial charge in [0.1, 0.15) is 0 Å². The van der Waals surface area contributed by atoms with Crippen LogP contribution in [0.15, 0.2) is 0 Å².